The highest BCUT2D eigenvalue weighted by Crippen LogP contribution is 2.28. The summed E-state index contributed by atoms with van der Waals surface area (Å²) < 4.78 is 85.0. The van der Waals surface area contributed by atoms with Crippen molar-refractivity contribution < 1.29 is 138 Å². The van der Waals surface area contributed by atoms with Crippen LogP contribution in [0.4, 0.5) is 41.9 Å². The number of benzene rings is 4. The molecule has 4 aromatic carbocycles. The van der Waals surface area contributed by atoms with Gasteiger partial charge in [-0.05, 0) is 83.6 Å². The van der Waals surface area contributed by atoms with Gasteiger partial charge >= 0.3 is 78.1 Å². The van der Waals surface area contributed by atoms with Crippen LogP contribution < -0.4 is 21.3 Å². The van der Waals surface area contributed by atoms with Crippen LogP contribution in [-0.2, 0) is 132 Å². The first-order valence-corrected chi connectivity index (χ1v) is 35.9. The summed E-state index contributed by atoms with van der Waals surface area (Å²) >= 11 is 0. The van der Waals surface area contributed by atoms with Crippen LogP contribution in [0.25, 0.3) is 0 Å². The number of esters is 9. The first kappa shape index (κ1) is 102. The van der Waals surface area contributed by atoms with E-state index in [1.807, 2.05) is 24.3 Å². The molecular weight excluding hydrogens is 1560 g/mol. The predicted octanol–water partition coefficient (Wildman–Crippen LogP) is 11.5. The van der Waals surface area contributed by atoms with Crippen LogP contribution in [0.5, 0.6) is 0 Å². The fraction of sp³-hybridized carbons (Fsp3) is 0.299. The lowest BCUT2D eigenvalue weighted by Gasteiger charge is -2.32. The lowest BCUT2D eigenvalue weighted by molar-refractivity contribution is -0.161. The van der Waals surface area contributed by atoms with Crippen molar-refractivity contribution in [2.45, 2.75) is 20.3 Å². The van der Waals surface area contributed by atoms with E-state index in [1.54, 1.807) is 91.0 Å². The summed E-state index contributed by atoms with van der Waals surface area (Å²) in [6, 6.07) is 27.7. The molecule has 4 amide bonds. The van der Waals surface area contributed by atoms with Crippen molar-refractivity contribution in [3.63, 3.8) is 0 Å². The summed E-state index contributed by atoms with van der Waals surface area (Å²) in [7, 11) is 0. The molecule has 0 fully saturated rings. The number of hydrogen-bond acceptors (Lipinski definition) is 29. The van der Waals surface area contributed by atoms with Crippen LogP contribution in [0.15, 0.2) is 249 Å². The molecule has 0 aliphatic carbocycles. The average molecular weight is 1670 g/mol. The topological polar surface area (TPSA) is 418 Å². The molecule has 33 heteroatoms. The monoisotopic (exact) mass is 1670 g/mol. The van der Waals surface area contributed by atoms with Gasteiger partial charge < -0.3 is 75.8 Å². The third-order valence-electron chi connectivity index (χ3n) is 15.8. The quantitative estimate of drug-likeness (QED) is 0.0105. The number of nitrogens with one attached hydrogen (secondary N) is 4. The van der Waals surface area contributed by atoms with Crippen LogP contribution in [0.3, 0.4) is 0 Å². The van der Waals surface area contributed by atoms with Crippen molar-refractivity contribution in [2.75, 3.05) is 147 Å². The smallest absolute Gasteiger partial charge is 0.411 e. The molecule has 0 radical (unpaired) electrons. The second-order valence-electron chi connectivity index (χ2n) is 25.7. The molecule has 0 spiro atoms. The van der Waals surface area contributed by atoms with Gasteiger partial charge in [0.25, 0.3) is 0 Å². The molecule has 4 rings (SSSR count). The van der Waals surface area contributed by atoms with E-state index >= 15 is 0 Å². The summed E-state index contributed by atoms with van der Waals surface area (Å²) in [4.78, 5) is 158. The molecule has 0 heterocycles. The normalized spacial score (nSPS) is 10.6. The fourth-order valence-electron chi connectivity index (χ4n) is 9.41. The van der Waals surface area contributed by atoms with Crippen LogP contribution in [0.2, 0.25) is 0 Å². The summed E-state index contributed by atoms with van der Waals surface area (Å²) in [6.45, 7) is 36.6. The maximum absolute atomic E-state index is 12.8. The Hall–Kier alpha value is -14.1. The molecular formula is C87H102N4O29. The number of amides is 4. The maximum atomic E-state index is 12.8. The van der Waals surface area contributed by atoms with E-state index in [-0.39, 0.29) is 33.9 Å². The van der Waals surface area contributed by atoms with Crippen LogP contribution in [0.1, 0.15) is 29.7 Å². The first-order valence-electron chi connectivity index (χ1n) is 35.9. The van der Waals surface area contributed by atoms with Gasteiger partial charge in [-0.2, -0.15) is 0 Å². The SMILES string of the molecule is C.C=CC(=O)OCC(COC(=O)C=C)(COC(=O)C=C)COC(=O)Nc1ccc(Cc2ccc(NC(=O)OCC(COC(=O)C=C)(COC(=O)C=C)COC(=O)C=C)cc2)cc1.C=CCOCC(COCC=C)(COCC=C)COC(=O)Nc1ccc(Cc2ccc(NC(=O)OCC(COC(=O)C=C)(COC(=O)C=C)COC(=O)C=C)cc2)cc1. The van der Waals surface area contributed by atoms with E-state index in [9.17, 15) is 62.3 Å². The largest absolute Gasteiger partial charge is 0.462 e. The second-order valence-corrected chi connectivity index (χ2v) is 25.7. The minimum Gasteiger partial charge on any atom is -0.462 e. The second kappa shape index (κ2) is 56.3. The molecule has 0 saturated carbocycles. The minimum atomic E-state index is -1.51. The molecule has 120 heavy (non-hydrogen) atoms. The molecule has 4 N–H and O–H groups in total. The van der Waals surface area contributed by atoms with Crippen molar-refractivity contribution in [2.24, 2.45) is 21.7 Å². The van der Waals surface area contributed by atoms with Crippen molar-refractivity contribution in [1.82, 2.24) is 0 Å². The zero-order valence-electron chi connectivity index (χ0n) is 65.8. The van der Waals surface area contributed by atoms with Crippen molar-refractivity contribution in [3.05, 3.63) is 271 Å². The van der Waals surface area contributed by atoms with Gasteiger partial charge in [0, 0.05) is 77.4 Å². The Balaban J connectivity index is 0.000000808. The highest BCUT2D eigenvalue weighted by molar-refractivity contribution is 5.88. The summed E-state index contributed by atoms with van der Waals surface area (Å²) in [5, 5.41) is 10.5. The molecule has 4 aromatic rings. The highest BCUT2D eigenvalue weighted by atomic mass is 16.6. The molecule has 0 bridgehead atoms. The van der Waals surface area contributed by atoms with Crippen molar-refractivity contribution >= 4 is 101 Å². The van der Waals surface area contributed by atoms with Crippen molar-refractivity contribution in [1.29, 1.82) is 0 Å². The number of hydrogen-bond donors (Lipinski definition) is 4. The van der Waals surface area contributed by atoms with E-state index in [2.05, 4.69) is 100 Å². The fourth-order valence-corrected chi connectivity index (χ4v) is 9.41. The average Bonchev–Trinajstić information content (AvgIpc) is 0.861. The third-order valence-corrected chi connectivity index (χ3v) is 15.8. The maximum Gasteiger partial charge on any atom is 0.411 e. The molecule has 0 unspecified atom stereocenters. The molecule has 644 valence electrons. The van der Waals surface area contributed by atoms with Gasteiger partial charge in [0.1, 0.15) is 102 Å². The summed E-state index contributed by atoms with van der Waals surface area (Å²) in [6.07, 6.45) is 10.6. The molecule has 0 aliphatic heterocycles. The summed E-state index contributed by atoms with van der Waals surface area (Å²) in [5.74, 6) is -7.36. The number of rotatable bonds is 55. The van der Waals surface area contributed by atoms with E-state index < -0.39 is 179 Å². The zero-order chi connectivity index (χ0) is 87.9. The number of anilines is 4. The van der Waals surface area contributed by atoms with Gasteiger partial charge in [0.2, 0.25) is 0 Å². The predicted molar refractivity (Wildman–Crippen MR) is 441 cm³/mol. The molecule has 33 nitrogen and oxygen atoms in total. The van der Waals surface area contributed by atoms with Gasteiger partial charge in [-0.25, -0.2) is 62.3 Å². The molecule has 0 saturated heterocycles. The van der Waals surface area contributed by atoms with Crippen molar-refractivity contribution in [3.8, 4) is 0 Å². The Kier molecular flexibility index (Phi) is 47.9. The zero-order valence-corrected chi connectivity index (χ0v) is 65.8. The molecule has 0 aromatic heterocycles. The van der Waals surface area contributed by atoms with Crippen LogP contribution >= 0.6 is 0 Å². The Morgan fingerprint density at radius 1 is 0.225 bits per heavy atom. The van der Waals surface area contributed by atoms with Gasteiger partial charge in [-0.1, -0.05) is 133 Å². The Labute approximate surface area is 695 Å². The first-order chi connectivity index (χ1) is 57.1. The van der Waals surface area contributed by atoms with Gasteiger partial charge in [0.05, 0.1) is 45.1 Å². The standard InChI is InChI=1S/C43H46N2O16.C43H52N2O13.CH4/c1-7-34(46)54-22-42(23-55-35(47)8-2,24-56-36(48)9-3)28-60-40(52)44-32-17-13-30(14-18-32)21-31-15-19-33(20-16-31)45-41(53)61-29-43(25-57-37(49)10-4,26-58-38(50)11-5)27-59-39(51)12-6;1-7-21-51-25-42(26-52-22-8-2,27-53-23-9-3)31-57-40(49)44-35-17-13-33(14-18-35)24-34-15-19-36(20-16-34)45-41(50)58-32-43(28-54-37(46)10-4,29-55-38(47)11-5)30-56-39(48)12-6;/h7-20H,1-6,21-29H2,(H,44,52)(H,45,53);7-20H,1-6,21-32H2,(H,44,49)(H,45,50);1H4. The Morgan fingerprint density at radius 3 is 0.508 bits per heavy atom. The third kappa shape index (κ3) is 41.0. The summed E-state index contributed by atoms with van der Waals surface area (Å²) in [5.41, 5.74) is -0.0968. The lowest BCUT2D eigenvalue weighted by Crippen LogP contribution is -2.44. The van der Waals surface area contributed by atoms with Gasteiger partial charge in [-0.3, -0.25) is 21.3 Å². The minimum absolute atomic E-state index is 0. The van der Waals surface area contributed by atoms with E-state index in [1.165, 1.54) is 0 Å². The van der Waals surface area contributed by atoms with Crippen LogP contribution in [-0.4, -0.2) is 204 Å². The lowest BCUT2D eigenvalue weighted by atomic mass is 9.92. The van der Waals surface area contributed by atoms with E-state index in [0.717, 1.165) is 76.9 Å². The highest BCUT2D eigenvalue weighted by Gasteiger charge is 2.41. The Bertz CT molecular complexity index is 3830. The molecule has 0 aliphatic rings. The number of carbonyl (C=O) groups is 13. The number of ether oxygens (including phenoxy) is 16. The Morgan fingerprint density at radius 2 is 0.367 bits per heavy atom. The molecule has 0 atom stereocenters. The number of carbonyl (C=O) groups excluding carboxylic acids is 13. The van der Waals surface area contributed by atoms with Crippen LogP contribution in [0, 0.1) is 21.7 Å². The van der Waals surface area contributed by atoms with Gasteiger partial charge in [0.15, 0.2) is 0 Å². The van der Waals surface area contributed by atoms with E-state index in [4.69, 9.17) is 75.8 Å². The van der Waals surface area contributed by atoms with Gasteiger partial charge in [-0.15, -0.1) is 19.7 Å². The van der Waals surface area contributed by atoms with E-state index in [0.29, 0.717) is 55.4 Å².